The standard InChI is InChI=1S/C20H26N4O5S/c1-15-10-11-18(24(26)27)14-19(15)23(30(4,28)29)16(2)20(25)21-12-13-22(3)17-8-6-5-7-9-17/h5-11,14,16H,12-13H2,1-4H3,(H,21,25)/t16-/m1/s1. The molecule has 0 saturated heterocycles. The Kier molecular flexibility index (Phi) is 7.38. The second-order valence-corrected chi connectivity index (χ2v) is 8.87. The van der Waals surface area contributed by atoms with E-state index in [1.54, 1.807) is 6.92 Å². The van der Waals surface area contributed by atoms with Crippen LogP contribution in [0.4, 0.5) is 17.1 Å². The zero-order chi connectivity index (χ0) is 22.5. The third kappa shape index (κ3) is 5.69. The van der Waals surface area contributed by atoms with Crippen molar-refractivity contribution in [3.8, 4) is 0 Å². The van der Waals surface area contributed by atoms with Gasteiger partial charge in [0.15, 0.2) is 0 Å². The summed E-state index contributed by atoms with van der Waals surface area (Å²) in [5.41, 5.74) is 1.36. The van der Waals surface area contributed by atoms with Crippen molar-refractivity contribution in [2.24, 2.45) is 0 Å². The Labute approximate surface area is 176 Å². The molecule has 0 bridgehead atoms. The van der Waals surface area contributed by atoms with Gasteiger partial charge in [0.25, 0.3) is 5.69 Å². The molecule has 0 saturated carbocycles. The molecule has 0 fully saturated rings. The van der Waals surface area contributed by atoms with E-state index in [0.29, 0.717) is 18.7 Å². The van der Waals surface area contributed by atoms with Crippen LogP contribution in [0.15, 0.2) is 48.5 Å². The Hall–Kier alpha value is -3.14. The number of sulfonamides is 1. The molecule has 0 radical (unpaired) electrons. The highest BCUT2D eigenvalue weighted by Crippen LogP contribution is 2.29. The van der Waals surface area contributed by atoms with E-state index in [2.05, 4.69) is 5.32 Å². The van der Waals surface area contributed by atoms with Crippen LogP contribution in [0, 0.1) is 17.0 Å². The average molecular weight is 435 g/mol. The van der Waals surface area contributed by atoms with Crippen molar-refractivity contribution in [1.29, 1.82) is 0 Å². The molecule has 2 aromatic rings. The maximum atomic E-state index is 12.7. The minimum absolute atomic E-state index is 0.107. The molecule has 0 spiro atoms. The lowest BCUT2D eigenvalue weighted by Gasteiger charge is -2.29. The number of nitrogens with one attached hydrogen (secondary N) is 1. The Bertz CT molecular complexity index is 1010. The summed E-state index contributed by atoms with van der Waals surface area (Å²) in [7, 11) is -1.98. The molecule has 0 unspecified atom stereocenters. The molecule has 0 aliphatic carbocycles. The quantitative estimate of drug-likeness (QED) is 0.479. The van der Waals surface area contributed by atoms with Crippen molar-refractivity contribution in [3.63, 3.8) is 0 Å². The highest BCUT2D eigenvalue weighted by Gasteiger charge is 2.31. The summed E-state index contributed by atoms with van der Waals surface area (Å²) in [6, 6.07) is 12.5. The highest BCUT2D eigenvalue weighted by molar-refractivity contribution is 7.92. The summed E-state index contributed by atoms with van der Waals surface area (Å²) in [5, 5.41) is 13.9. The number of nitrogens with zero attached hydrogens (tertiary/aromatic N) is 3. The van der Waals surface area contributed by atoms with Crippen LogP contribution in [0.5, 0.6) is 0 Å². The maximum absolute atomic E-state index is 12.7. The van der Waals surface area contributed by atoms with Crippen molar-refractivity contribution in [3.05, 3.63) is 64.2 Å². The lowest BCUT2D eigenvalue weighted by atomic mass is 10.1. The number of hydrogen-bond donors (Lipinski definition) is 1. The molecule has 0 aromatic heterocycles. The summed E-state index contributed by atoms with van der Waals surface area (Å²) in [4.78, 5) is 25.2. The first-order valence-electron chi connectivity index (χ1n) is 9.30. The van der Waals surface area contributed by atoms with E-state index in [1.807, 2.05) is 42.3 Å². The average Bonchev–Trinajstić information content (AvgIpc) is 2.68. The zero-order valence-corrected chi connectivity index (χ0v) is 18.2. The summed E-state index contributed by atoms with van der Waals surface area (Å²) >= 11 is 0. The number of rotatable bonds is 9. The second kappa shape index (κ2) is 9.57. The first-order chi connectivity index (χ1) is 14.0. The lowest BCUT2D eigenvalue weighted by molar-refractivity contribution is -0.384. The zero-order valence-electron chi connectivity index (χ0n) is 17.4. The molecular formula is C20H26N4O5S. The van der Waals surface area contributed by atoms with Gasteiger partial charge in [-0.05, 0) is 31.5 Å². The minimum atomic E-state index is -3.87. The van der Waals surface area contributed by atoms with Gasteiger partial charge in [0.05, 0.1) is 16.9 Å². The highest BCUT2D eigenvalue weighted by atomic mass is 32.2. The number of para-hydroxylation sites is 1. The van der Waals surface area contributed by atoms with Gasteiger partial charge in [0.2, 0.25) is 15.9 Å². The summed E-state index contributed by atoms with van der Waals surface area (Å²) in [6.07, 6.45) is 0.970. The summed E-state index contributed by atoms with van der Waals surface area (Å²) in [5.74, 6) is -0.493. The van der Waals surface area contributed by atoms with Gasteiger partial charge in [-0.2, -0.15) is 0 Å². The third-order valence-corrected chi connectivity index (χ3v) is 5.90. The Morgan fingerprint density at radius 2 is 1.83 bits per heavy atom. The number of non-ortho nitro benzene ring substituents is 1. The fraction of sp³-hybridized carbons (Fsp3) is 0.350. The summed E-state index contributed by atoms with van der Waals surface area (Å²) in [6.45, 7) is 3.92. The topological polar surface area (TPSA) is 113 Å². The molecule has 9 nitrogen and oxygen atoms in total. The third-order valence-electron chi connectivity index (χ3n) is 4.67. The molecule has 1 N–H and O–H groups in total. The first-order valence-corrected chi connectivity index (χ1v) is 11.2. The van der Waals surface area contributed by atoms with Crippen LogP contribution in [-0.4, -0.2) is 51.7 Å². The van der Waals surface area contributed by atoms with Crippen molar-refractivity contribution in [1.82, 2.24) is 5.32 Å². The van der Waals surface area contributed by atoms with Crippen molar-refractivity contribution < 1.29 is 18.1 Å². The number of aryl methyl sites for hydroxylation is 1. The molecule has 0 heterocycles. The van der Waals surface area contributed by atoms with E-state index in [1.165, 1.54) is 25.1 Å². The number of likely N-dealkylation sites (N-methyl/N-ethyl adjacent to an activating group) is 1. The molecule has 162 valence electrons. The van der Waals surface area contributed by atoms with Gasteiger partial charge in [-0.1, -0.05) is 24.3 Å². The second-order valence-electron chi connectivity index (χ2n) is 7.01. The van der Waals surface area contributed by atoms with Gasteiger partial charge in [-0.15, -0.1) is 0 Å². The van der Waals surface area contributed by atoms with E-state index in [0.717, 1.165) is 16.2 Å². The normalized spacial score (nSPS) is 12.1. The smallest absolute Gasteiger partial charge is 0.271 e. The van der Waals surface area contributed by atoms with Crippen molar-refractivity contribution >= 4 is 33.0 Å². The Morgan fingerprint density at radius 1 is 1.20 bits per heavy atom. The van der Waals surface area contributed by atoms with E-state index < -0.39 is 26.9 Å². The fourth-order valence-corrected chi connectivity index (χ4v) is 4.26. The Morgan fingerprint density at radius 3 is 2.40 bits per heavy atom. The van der Waals surface area contributed by atoms with Crippen LogP contribution in [-0.2, 0) is 14.8 Å². The number of hydrogen-bond acceptors (Lipinski definition) is 6. The number of anilines is 2. The summed E-state index contributed by atoms with van der Waals surface area (Å²) < 4.78 is 25.8. The van der Waals surface area contributed by atoms with Crippen LogP contribution >= 0.6 is 0 Å². The number of amides is 1. The molecular weight excluding hydrogens is 408 g/mol. The number of benzene rings is 2. The number of carbonyl (C=O) groups is 1. The van der Waals surface area contributed by atoms with Gasteiger partial charge >= 0.3 is 0 Å². The number of carbonyl (C=O) groups excluding carboxylic acids is 1. The molecule has 1 atom stereocenters. The van der Waals surface area contributed by atoms with E-state index in [9.17, 15) is 23.3 Å². The van der Waals surface area contributed by atoms with Crippen LogP contribution in [0.3, 0.4) is 0 Å². The number of nitro groups is 1. The van der Waals surface area contributed by atoms with Crippen molar-refractivity contribution in [2.75, 3.05) is 35.6 Å². The number of nitro benzene ring substituents is 1. The van der Waals surface area contributed by atoms with Crippen LogP contribution in [0.25, 0.3) is 0 Å². The molecule has 2 aromatic carbocycles. The Balaban J connectivity index is 2.16. The monoisotopic (exact) mass is 434 g/mol. The van der Waals surface area contributed by atoms with Gasteiger partial charge in [-0.3, -0.25) is 19.2 Å². The van der Waals surface area contributed by atoms with E-state index in [4.69, 9.17) is 0 Å². The predicted molar refractivity (Wildman–Crippen MR) is 117 cm³/mol. The first kappa shape index (κ1) is 23.1. The van der Waals surface area contributed by atoms with Gasteiger partial charge in [0, 0.05) is 38.0 Å². The lowest BCUT2D eigenvalue weighted by Crippen LogP contribution is -2.49. The molecule has 0 aliphatic rings. The molecule has 2 rings (SSSR count). The van der Waals surface area contributed by atoms with Crippen LogP contribution in [0.2, 0.25) is 0 Å². The van der Waals surface area contributed by atoms with E-state index >= 15 is 0 Å². The fourth-order valence-electron chi connectivity index (χ4n) is 3.04. The molecule has 1 amide bonds. The molecule has 30 heavy (non-hydrogen) atoms. The van der Waals surface area contributed by atoms with E-state index in [-0.39, 0.29) is 11.4 Å². The van der Waals surface area contributed by atoms with Gasteiger partial charge < -0.3 is 10.2 Å². The SMILES string of the molecule is Cc1ccc([N+](=O)[O-])cc1N([C@H](C)C(=O)NCCN(C)c1ccccc1)S(C)(=O)=O. The van der Waals surface area contributed by atoms with Crippen molar-refractivity contribution in [2.45, 2.75) is 19.9 Å². The molecule has 0 aliphatic heterocycles. The largest absolute Gasteiger partial charge is 0.373 e. The molecule has 10 heteroatoms. The van der Waals surface area contributed by atoms with Gasteiger partial charge in [0.1, 0.15) is 6.04 Å². The van der Waals surface area contributed by atoms with Crippen LogP contribution in [0.1, 0.15) is 12.5 Å². The van der Waals surface area contributed by atoms with Gasteiger partial charge in [-0.25, -0.2) is 8.42 Å². The maximum Gasteiger partial charge on any atom is 0.271 e. The predicted octanol–water partition coefficient (Wildman–Crippen LogP) is 2.31. The minimum Gasteiger partial charge on any atom is -0.373 e. The van der Waals surface area contributed by atoms with Crippen LogP contribution < -0.4 is 14.5 Å².